The Hall–Kier alpha value is -1.30. The third-order valence-electron chi connectivity index (χ3n) is 2.83. The molecule has 0 aromatic carbocycles. The highest BCUT2D eigenvalue weighted by atomic mass is 16.4. The van der Waals surface area contributed by atoms with E-state index >= 15 is 0 Å². The molecule has 0 saturated heterocycles. The van der Waals surface area contributed by atoms with Crippen molar-refractivity contribution in [3.63, 3.8) is 0 Å². The summed E-state index contributed by atoms with van der Waals surface area (Å²) in [6, 6.07) is -1.55. The molecule has 6 atom stereocenters. The molecule has 1 amide bonds. The van der Waals surface area contributed by atoms with Crippen LogP contribution in [0.4, 0.5) is 0 Å². The topological polar surface area (TPSA) is 188 Å². The Morgan fingerprint density at radius 1 is 1.00 bits per heavy atom. The molecule has 0 aromatic heterocycles. The standard InChI is InChI=1S/C11H21NO9/c1-4(14)12-8(5(15)2-6(16)11(20)21)10(19)9(18)7(17)3-13/h5-10,13,15-19H,2-3H2,1H3,(H,12,14)(H,20,21)/t5-,6+,7+,8+,9-,10+/m0/s1. The fourth-order valence-electron chi connectivity index (χ4n) is 1.67. The SMILES string of the molecule is CC(=O)N[C@@H]([C@@H](O)[C@@H](O)[C@H](O)CO)[C@@H](O)C[C@@H](O)C(=O)O. The molecule has 0 aliphatic rings. The summed E-state index contributed by atoms with van der Waals surface area (Å²) < 4.78 is 0. The van der Waals surface area contributed by atoms with E-state index in [9.17, 15) is 30.0 Å². The van der Waals surface area contributed by atoms with Gasteiger partial charge in [0.15, 0.2) is 6.10 Å². The van der Waals surface area contributed by atoms with Crippen LogP contribution in [0.15, 0.2) is 0 Å². The minimum atomic E-state index is -1.94. The molecule has 0 aliphatic carbocycles. The van der Waals surface area contributed by atoms with Crippen LogP contribution >= 0.6 is 0 Å². The molecule has 10 heteroatoms. The zero-order chi connectivity index (χ0) is 16.7. The number of carboxylic acids is 1. The van der Waals surface area contributed by atoms with Gasteiger partial charge in [0.25, 0.3) is 0 Å². The summed E-state index contributed by atoms with van der Waals surface area (Å²) in [4.78, 5) is 21.5. The van der Waals surface area contributed by atoms with E-state index in [1.807, 2.05) is 0 Å². The molecule has 0 radical (unpaired) electrons. The van der Waals surface area contributed by atoms with Gasteiger partial charge in [0.05, 0.1) is 18.8 Å². The summed E-state index contributed by atoms with van der Waals surface area (Å²) in [6.07, 6.45) is -9.90. The van der Waals surface area contributed by atoms with Crippen LogP contribution in [0.25, 0.3) is 0 Å². The lowest BCUT2D eigenvalue weighted by Crippen LogP contribution is -2.58. The van der Waals surface area contributed by atoms with E-state index < -0.39 is 61.5 Å². The third kappa shape index (κ3) is 6.33. The van der Waals surface area contributed by atoms with Gasteiger partial charge in [-0.15, -0.1) is 0 Å². The minimum Gasteiger partial charge on any atom is -0.479 e. The highest BCUT2D eigenvalue weighted by Crippen LogP contribution is 2.13. The maximum Gasteiger partial charge on any atom is 0.332 e. The molecule has 8 N–H and O–H groups in total. The van der Waals surface area contributed by atoms with Gasteiger partial charge < -0.3 is 41.1 Å². The van der Waals surface area contributed by atoms with E-state index in [1.54, 1.807) is 0 Å². The monoisotopic (exact) mass is 311 g/mol. The first-order valence-electron chi connectivity index (χ1n) is 6.12. The molecular weight excluding hydrogens is 290 g/mol. The van der Waals surface area contributed by atoms with Gasteiger partial charge in [-0.1, -0.05) is 0 Å². The van der Waals surface area contributed by atoms with E-state index in [0.717, 1.165) is 6.92 Å². The van der Waals surface area contributed by atoms with Crippen LogP contribution in [0.3, 0.4) is 0 Å². The summed E-state index contributed by atoms with van der Waals surface area (Å²) in [6.45, 7) is 0.174. The smallest absolute Gasteiger partial charge is 0.332 e. The summed E-state index contributed by atoms with van der Waals surface area (Å²) in [7, 11) is 0. The average Bonchev–Trinajstić information content (AvgIpc) is 2.41. The number of rotatable bonds is 9. The highest BCUT2D eigenvalue weighted by molar-refractivity contribution is 5.73. The number of amides is 1. The maximum absolute atomic E-state index is 11.0. The van der Waals surface area contributed by atoms with E-state index in [1.165, 1.54) is 0 Å². The number of carbonyl (C=O) groups excluding carboxylic acids is 1. The molecule has 0 aliphatic heterocycles. The predicted molar refractivity (Wildman–Crippen MR) is 67.0 cm³/mol. The first-order chi connectivity index (χ1) is 9.61. The Morgan fingerprint density at radius 2 is 1.52 bits per heavy atom. The Labute approximate surface area is 120 Å². The number of aliphatic hydroxyl groups is 6. The van der Waals surface area contributed by atoms with Crippen molar-refractivity contribution in [1.82, 2.24) is 5.32 Å². The maximum atomic E-state index is 11.0. The van der Waals surface area contributed by atoms with Gasteiger partial charge in [-0.05, 0) is 0 Å². The van der Waals surface area contributed by atoms with Gasteiger partial charge >= 0.3 is 5.97 Å². The molecule has 21 heavy (non-hydrogen) atoms. The molecule has 0 rings (SSSR count). The lowest BCUT2D eigenvalue weighted by Gasteiger charge is -2.32. The molecule has 124 valence electrons. The van der Waals surface area contributed by atoms with Crippen molar-refractivity contribution in [2.45, 2.75) is 49.9 Å². The van der Waals surface area contributed by atoms with Gasteiger partial charge in [-0.3, -0.25) is 4.79 Å². The Bertz CT molecular complexity index is 351. The second-order valence-electron chi connectivity index (χ2n) is 4.61. The first kappa shape index (κ1) is 19.7. The molecule has 0 bridgehead atoms. The van der Waals surface area contributed by atoms with Gasteiger partial charge in [0.2, 0.25) is 5.91 Å². The van der Waals surface area contributed by atoms with Crippen LogP contribution in [-0.2, 0) is 9.59 Å². The van der Waals surface area contributed by atoms with Crippen molar-refractivity contribution in [2.24, 2.45) is 0 Å². The minimum absolute atomic E-state index is 0.700. The summed E-state index contributed by atoms with van der Waals surface area (Å²) in [5.74, 6) is -2.31. The normalized spacial score (nSPS) is 20.0. The highest BCUT2D eigenvalue weighted by Gasteiger charge is 2.37. The second-order valence-corrected chi connectivity index (χ2v) is 4.61. The summed E-state index contributed by atoms with van der Waals surface area (Å²) in [5.41, 5.74) is 0. The van der Waals surface area contributed by atoms with Crippen molar-refractivity contribution in [3.8, 4) is 0 Å². The van der Waals surface area contributed by atoms with E-state index in [2.05, 4.69) is 5.32 Å². The van der Waals surface area contributed by atoms with Crippen LogP contribution < -0.4 is 5.32 Å². The summed E-state index contributed by atoms with van der Waals surface area (Å²) in [5, 5.41) is 66.9. The fraction of sp³-hybridized carbons (Fsp3) is 0.818. The predicted octanol–water partition coefficient (Wildman–Crippen LogP) is -4.24. The Kier molecular flexibility index (Phi) is 8.32. The fourth-order valence-corrected chi connectivity index (χ4v) is 1.67. The molecular formula is C11H21NO9. The average molecular weight is 311 g/mol. The van der Waals surface area contributed by atoms with Crippen molar-refractivity contribution in [1.29, 1.82) is 0 Å². The number of carboxylic acid groups (broad SMARTS) is 1. The van der Waals surface area contributed by atoms with Crippen LogP contribution in [-0.4, -0.2) is 90.8 Å². The number of carbonyl (C=O) groups is 2. The summed E-state index contributed by atoms with van der Waals surface area (Å²) >= 11 is 0. The number of aliphatic carboxylic acids is 1. The number of aliphatic hydroxyl groups excluding tert-OH is 6. The lowest BCUT2D eigenvalue weighted by atomic mass is 9.93. The van der Waals surface area contributed by atoms with E-state index in [4.69, 9.17) is 15.3 Å². The lowest BCUT2D eigenvalue weighted by molar-refractivity contribution is -0.149. The van der Waals surface area contributed by atoms with Gasteiger partial charge in [0.1, 0.15) is 18.3 Å². The second kappa shape index (κ2) is 8.87. The number of hydrogen-bond donors (Lipinski definition) is 8. The zero-order valence-electron chi connectivity index (χ0n) is 11.3. The van der Waals surface area contributed by atoms with Crippen LogP contribution in [0, 0.1) is 0 Å². The van der Waals surface area contributed by atoms with Crippen molar-refractivity contribution in [3.05, 3.63) is 0 Å². The van der Waals surface area contributed by atoms with Crippen molar-refractivity contribution < 1.29 is 45.3 Å². The molecule has 0 saturated carbocycles. The van der Waals surface area contributed by atoms with Crippen molar-refractivity contribution >= 4 is 11.9 Å². The molecule has 0 heterocycles. The molecule has 0 fully saturated rings. The van der Waals surface area contributed by atoms with Gasteiger partial charge in [-0.25, -0.2) is 4.79 Å². The van der Waals surface area contributed by atoms with Gasteiger partial charge in [-0.2, -0.15) is 0 Å². The van der Waals surface area contributed by atoms with Crippen LogP contribution in [0.5, 0.6) is 0 Å². The largest absolute Gasteiger partial charge is 0.479 e. The molecule has 0 aromatic rings. The third-order valence-corrected chi connectivity index (χ3v) is 2.83. The van der Waals surface area contributed by atoms with Gasteiger partial charge in [0, 0.05) is 13.3 Å². The van der Waals surface area contributed by atoms with Crippen LogP contribution in [0.1, 0.15) is 13.3 Å². The Balaban J connectivity index is 5.00. The van der Waals surface area contributed by atoms with E-state index in [-0.39, 0.29) is 0 Å². The Morgan fingerprint density at radius 3 is 1.90 bits per heavy atom. The van der Waals surface area contributed by atoms with Crippen LogP contribution in [0.2, 0.25) is 0 Å². The molecule has 0 unspecified atom stereocenters. The quantitative estimate of drug-likeness (QED) is 0.208. The molecule has 10 nitrogen and oxygen atoms in total. The van der Waals surface area contributed by atoms with E-state index in [0.29, 0.717) is 0 Å². The number of hydrogen-bond acceptors (Lipinski definition) is 8. The first-order valence-corrected chi connectivity index (χ1v) is 6.12. The van der Waals surface area contributed by atoms with Crippen molar-refractivity contribution in [2.75, 3.05) is 6.61 Å². The zero-order valence-corrected chi connectivity index (χ0v) is 11.3. The molecule has 0 spiro atoms. The number of nitrogens with one attached hydrogen (secondary N) is 1.